The number of fused-ring (bicyclic) bond motifs is 1. The van der Waals surface area contributed by atoms with Crippen molar-refractivity contribution in [2.24, 2.45) is 0 Å². The molecule has 0 saturated carbocycles. The number of carbonyl (C=O) groups is 1. The highest BCUT2D eigenvalue weighted by molar-refractivity contribution is 6.35. The van der Waals surface area contributed by atoms with E-state index in [0.29, 0.717) is 23.0 Å². The summed E-state index contributed by atoms with van der Waals surface area (Å²) < 4.78 is 5.98. The molecule has 1 aliphatic rings. The Hall–Kier alpha value is -3.04. The average Bonchev–Trinajstić information content (AvgIpc) is 2.98. The fourth-order valence-electron chi connectivity index (χ4n) is 2.94. The van der Waals surface area contributed by atoms with Crippen molar-refractivity contribution in [2.45, 2.75) is 6.61 Å². The van der Waals surface area contributed by atoms with Crippen LogP contribution >= 0.6 is 11.6 Å². The van der Waals surface area contributed by atoms with E-state index in [-0.39, 0.29) is 5.91 Å². The molecule has 0 aliphatic carbocycles. The lowest BCUT2D eigenvalue weighted by Gasteiger charge is -2.11. The lowest BCUT2D eigenvalue weighted by Crippen LogP contribution is -2.04. The molecule has 0 atom stereocenters. The first-order valence-corrected chi connectivity index (χ1v) is 8.68. The largest absolute Gasteiger partial charge is 0.488 e. The highest BCUT2D eigenvalue weighted by Gasteiger charge is 2.23. The maximum absolute atomic E-state index is 12.3. The van der Waals surface area contributed by atoms with Crippen LogP contribution < -0.4 is 10.1 Å². The third kappa shape index (κ3) is 3.22. The number of carbonyl (C=O) groups excluding carboxylic acids is 1. The van der Waals surface area contributed by atoms with Gasteiger partial charge in [-0.2, -0.15) is 0 Å². The molecule has 1 N–H and O–H groups in total. The van der Waals surface area contributed by atoms with Gasteiger partial charge in [-0.05, 0) is 24.3 Å². The Bertz CT molecular complexity index is 1010. The molecular formula is C22H16ClNO2. The zero-order valence-corrected chi connectivity index (χ0v) is 14.7. The molecule has 128 valence electrons. The van der Waals surface area contributed by atoms with Gasteiger partial charge in [-0.15, -0.1) is 0 Å². The predicted molar refractivity (Wildman–Crippen MR) is 105 cm³/mol. The highest BCUT2D eigenvalue weighted by Crippen LogP contribution is 2.34. The summed E-state index contributed by atoms with van der Waals surface area (Å²) in [6, 6.07) is 22.9. The fourth-order valence-corrected chi connectivity index (χ4v) is 3.13. The summed E-state index contributed by atoms with van der Waals surface area (Å²) in [5, 5.41) is 3.56. The second-order valence-electron chi connectivity index (χ2n) is 5.98. The molecule has 0 radical (unpaired) electrons. The number of amides is 1. The second-order valence-corrected chi connectivity index (χ2v) is 6.38. The number of halogens is 1. The van der Waals surface area contributed by atoms with Crippen molar-refractivity contribution in [1.82, 2.24) is 0 Å². The maximum Gasteiger partial charge on any atom is 0.256 e. The number of nitrogens with one attached hydrogen (secondary N) is 1. The Morgan fingerprint density at radius 2 is 1.65 bits per heavy atom. The van der Waals surface area contributed by atoms with Gasteiger partial charge < -0.3 is 10.1 Å². The molecule has 4 heteroatoms. The number of rotatable bonds is 4. The molecule has 0 unspecified atom stereocenters. The molecule has 0 saturated heterocycles. The molecule has 1 heterocycles. The van der Waals surface area contributed by atoms with Crippen molar-refractivity contribution in [3.63, 3.8) is 0 Å². The van der Waals surface area contributed by atoms with Crippen LogP contribution in [0.3, 0.4) is 0 Å². The van der Waals surface area contributed by atoms with Gasteiger partial charge in [-0.1, -0.05) is 66.2 Å². The Morgan fingerprint density at radius 1 is 0.923 bits per heavy atom. The Labute approximate surface area is 156 Å². The van der Waals surface area contributed by atoms with Crippen molar-refractivity contribution in [1.29, 1.82) is 0 Å². The van der Waals surface area contributed by atoms with E-state index in [1.54, 1.807) is 0 Å². The van der Waals surface area contributed by atoms with Crippen molar-refractivity contribution in [2.75, 3.05) is 5.32 Å². The number of hydrogen-bond acceptors (Lipinski definition) is 2. The zero-order valence-electron chi connectivity index (χ0n) is 13.9. The van der Waals surface area contributed by atoms with Gasteiger partial charge in [0.25, 0.3) is 5.91 Å². The minimum Gasteiger partial charge on any atom is -0.488 e. The van der Waals surface area contributed by atoms with Crippen LogP contribution in [0.15, 0.2) is 72.8 Å². The Kier molecular flexibility index (Phi) is 4.46. The van der Waals surface area contributed by atoms with Crippen LogP contribution in [-0.2, 0) is 11.4 Å². The van der Waals surface area contributed by atoms with Crippen LogP contribution in [0, 0.1) is 0 Å². The smallest absolute Gasteiger partial charge is 0.256 e. The first-order chi connectivity index (χ1) is 12.7. The van der Waals surface area contributed by atoms with Gasteiger partial charge >= 0.3 is 0 Å². The van der Waals surface area contributed by atoms with E-state index in [9.17, 15) is 4.79 Å². The predicted octanol–water partition coefficient (Wildman–Crippen LogP) is 5.41. The lowest BCUT2D eigenvalue weighted by atomic mass is 10.0. The van der Waals surface area contributed by atoms with Crippen LogP contribution in [0.1, 0.15) is 16.7 Å². The van der Waals surface area contributed by atoms with Gasteiger partial charge in [0, 0.05) is 33.0 Å². The number of hydrogen-bond donors (Lipinski definition) is 1. The Balaban J connectivity index is 1.65. The van der Waals surface area contributed by atoms with E-state index >= 15 is 0 Å². The third-order valence-electron chi connectivity index (χ3n) is 4.27. The van der Waals surface area contributed by atoms with E-state index in [4.69, 9.17) is 16.3 Å². The monoisotopic (exact) mass is 361 g/mol. The summed E-state index contributed by atoms with van der Waals surface area (Å²) in [6.07, 6.45) is 1.86. The van der Waals surface area contributed by atoms with Crippen molar-refractivity contribution in [3.8, 4) is 5.75 Å². The normalized spacial score (nSPS) is 14.2. The van der Waals surface area contributed by atoms with Crippen molar-refractivity contribution in [3.05, 3.63) is 94.5 Å². The summed E-state index contributed by atoms with van der Waals surface area (Å²) >= 11 is 6.20. The number of benzene rings is 3. The molecule has 26 heavy (non-hydrogen) atoms. The van der Waals surface area contributed by atoms with Gasteiger partial charge in [-0.25, -0.2) is 0 Å². The van der Waals surface area contributed by atoms with Crippen LogP contribution in [0.5, 0.6) is 5.75 Å². The molecule has 3 nitrogen and oxygen atoms in total. The molecule has 0 spiro atoms. The minimum absolute atomic E-state index is 0.105. The molecule has 3 aromatic carbocycles. The number of para-hydroxylation sites is 2. The van der Waals surface area contributed by atoms with Crippen molar-refractivity contribution < 1.29 is 9.53 Å². The molecular weight excluding hydrogens is 346 g/mol. The molecule has 0 bridgehead atoms. The summed E-state index contributed by atoms with van der Waals surface area (Å²) in [6.45, 7) is 0.364. The standard InChI is InChI=1S/C22H16ClNO2/c23-19-10-4-1-8-16(19)14-26-21-12-6-2-7-15(21)13-18-17-9-3-5-11-20(17)24-22(18)25/h1-13H,14H2,(H,24,25)/b18-13-. The second kappa shape index (κ2) is 7.06. The highest BCUT2D eigenvalue weighted by atomic mass is 35.5. The SMILES string of the molecule is O=C1Nc2ccccc2/C1=C/c1ccccc1OCc1ccccc1Cl. The van der Waals surface area contributed by atoms with Gasteiger partial charge in [0.15, 0.2) is 0 Å². The molecule has 0 fully saturated rings. The van der Waals surface area contributed by atoms with E-state index in [1.165, 1.54) is 0 Å². The van der Waals surface area contributed by atoms with E-state index in [1.807, 2.05) is 78.9 Å². The number of ether oxygens (including phenoxy) is 1. The first kappa shape index (κ1) is 16.4. The quantitative estimate of drug-likeness (QED) is 0.631. The molecule has 1 amide bonds. The molecule has 4 rings (SSSR count). The molecule has 1 aliphatic heterocycles. The van der Waals surface area contributed by atoms with Crippen LogP contribution in [0.4, 0.5) is 5.69 Å². The maximum atomic E-state index is 12.3. The topological polar surface area (TPSA) is 38.3 Å². The van der Waals surface area contributed by atoms with Gasteiger partial charge in [0.1, 0.15) is 12.4 Å². The van der Waals surface area contributed by atoms with Crippen molar-refractivity contribution >= 4 is 34.8 Å². The lowest BCUT2D eigenvalue weighted by molar-refractivity contribution is -0.110. The van der Waals surface area contributed by atoms with Crippen LogP contribution in [-0.4, -0.2) is 5.91 Å². The van der Waals surface area contributed by atoms with Gasteiger partial charge in [0.05, 0.1) is 0 Å². The number of anilines is 1. The average molecular weight is 362 g/mol. The molecule has 3 aromatic rings. The van der Waals surface area contributed by atoms with Gasteiger partial charge in [0.2, 0.25) is 0 Å². The fraction of sp³-hybridized carbons (Fsp3) is 0.0455. The third-order valence-corrected chi connectivity index (χ3v) is 4.64. The molecule has 0 aromatic heterocycles. The van der Waals surface area contributed by atoms with E-state index < -0.39 is 0 Å². The summed E-state index contributed by atoms with van der Waals surface area (Å²) in [4.78, 5) is 12.3. The van der Waals surface area contributed by atoms with E-state index in [2.05, 4.69) is 5.32 Å². The zero-order chi connectivity index (χ0) is 17.9. The summed E-state index contributed by atoms with van der Waals surface area (Å²) in [7, 11) is 0. The summed E-state index contributed by atoms with van der Waals surface area (Å²) in [5.74, 6) is 0.601. The first-order valence-electron chi connectivity index (χ1n) is 8.30. The Morgan fingerprint density at radius 3 is 2.54 bits per heavy atom. The van der Waals surface area contributed by atoms with E-state index in [0.717, 1.165) is 22.4 Å². The minimum atomic E-state index is -0.105. The van der Waals surface area contributed by atoms with Gasteiger partial charge in [-0.3, -0.25) is 4.79 Å². The summed E-state index contributed by atoms with van der Waals surface area (Å²) in [5.41, 5.74) is 4.13. The van der Waals surface area contributed by atoms with Crippen LogP contribution in [0.2, 0.25) is 5.02 Å². The van der Waals surface area contributed by atoms with Crippen LogP contribution in [0.25, 0.3) is 11.6 Å².